The van der Waals surface area contributed by atoms with E-state index < -0.39 is 0 Å². The fraction of sp³-hybridized carbons (Fsp3) is 0. The molecular weight excluding hydrogens is 450 g/mol. The maximum Gasteiger partial charge on any atom is 0.148 e. The molecule has 2 aromatic heterocycles. The van der Waals surface area contributed by atoms with Crippen LogP contribution in [0.15, 0.2) is 128 Å². The molecule has 3 nitrogen and oxygen atoms in total. The smallest absolute Gasteiger partial charge is 0.148 e. The van der Waals surface area contributed by atoms with E-state index in [0.29, 0.717) is 5.69 Å². The van der Waals surface area contributed by atoms with Crippen LogP contribution in [0.4, 0.5) is 0 Å². The minimum Gasteiger partial charge on any atom is -0.309 e. The van der Waals surface area contributed by atoms with Crippen LogP contribution in [0.25, 0.3) is 60.5 Å². The van der Waals surface area contributed by atoms with Gasteiger partial charge in [0.2, 0.25) is 0 Å². The second-order valence-corrected chi connectivity index (χ2v) is 9.18. The molecule has 0 atom stereocenters. The van der Waals surface area contributed by atoms with E-state index in [1.165, 1.54) is 21.5 Å². The highest BCUT2D eigenvalue weighted by Crippen LogP contribution is 2.38. The van der Waals surface area contributed by atoms with E-state index in [0.717, 1.165) is 39.0 Å². The Balaban J connectivity index is 1.60. The van der Waals surface area contributed by atoms with Gasteiger partial charge in [0.1, 0.15) is 11.8 Å². The third-order valence-corrected chi connectivity index (χ3v) is 7.08. The van der Waals surface area contributed by atoms with Gasteiger partial charge in [0, 0.05) is 28.2 Å². The number of nitriles is 1. The van der Waals surface area contributed by atoms with Gasteiger partial charge in [0.25, 0.3) is 0 Å². The van der Waals surface area contributed by atoms with E-state index in [4.69, 9.17) is 0 Å². The van der Waals surface area contributed by atoms with Crippen LogP contribution in [0.3, 0.4) is 0 Å². The molecule has 172 valence electrons. The van der Waals surface area contributed by atoms with Gasteiger partial charge in [-0.2, -0.15) is 5.26 Å². The number of hydrogen-bond donors (Lipinski definition) is 0. The minimum atomic E-state index is 0.422. The minimum absolute atomic E-state index is 0.422. The number of aromatic nitrogens is 2. The first-order chi connectivity index (χ1) is 18.3. The first-order valence-electron chi connectivity index (χ1n) is 12.3. The third kappa shape index (κ3) is 3.39. The molecule has 0 amide bonds. The van der Waals surface area contributed by atoms with Crippen molar-refractivity contribution < 1.29 is 0 Å². The summed E-state index contributed by atoms with van der Waals surface area (Å²) in [6, 6.07) is 44.7. The molecule has 0 aliphatic heterocycles. The summed E-state index contributed by atoms with van der Waals surface area (Å²) in [4.78, 5) is 4.35. The molecule has 7 aromatic rings. The normalized spacial score (nSPS) is 11.2. The highest BCUT2D eigenvalue weighted by molar-refractivity contribution is 6.09. The summed E-state index contributed by atoms with van der Waals surface area (Å²) in [5.74, 6) is 0. The lowest BCUT2D eigenvalue weighted by molar-refractivity contribution is 1.18. The van der Waals surface area contributed by atoms with Crippen LogP contribution in [0.2, 0.25) is 0 Å². The van der Waals surface area contributed by atoms with Crippen LogP contribution in [0, 0.1) is 11.3 Å². The summed E-state index contributed by atoms with van der Waals surface area (Å²) >= 11 is 0. The molecule has 0 saturated heterocycles. The highest BCUT2D eigenvalue weighted by atomic mass is 15.0. The standard InChI is InChI=1S/C34H21N3/c35-22-32-29(15-8-18-36-32)25-19-24(28-14-7-10-23-9-1-2-11-27(23)28)20-26(21-25)37-33-16-5-3-12-30(33)31-13-4-6-17-34(31)37/h1-21H. The summed E-state index contributed by atoms with van der Waals surface area (Å²) in [6.45, 7) is 0. The van der Waals surface area contributed by atoms with Crippen molar-refractivity contribution >= 4 is 32.6 Å². The zero-order valence-corrected chi connectivity index (χ0v) is 20.0. The molecule has 2 heterocycles. The summed E-state index contributed by atoms with van der Waals surface area (Å²) in [5.41, 5.74) is 7.81. The Morgan fingerprint density at radius 1 is 0.568 bits per heavy atom. The van der Waals surface area contributed by atoms with Crippen molar-refractivity contribution in [3.8, 4) is 34.0 Å². The fourth-order valence-electron chi connectivity index (χ4n) is 5.46. The Morgan fingerprint density at radius 3 is 1.89 bits per heavy atom. The van der Waals surface area contributed by atoms with Crippen molar-refractivity contribution in [2.45, 2.75) is 0 Å². The predicted octanol–water partition coefficient (Wildman–Crippen LogP) is 8.54. The summed E-state index contributed by atoms with van der Waals surface area (Å²) < 4.78 is 2.32. The van der Waals surface area contributed by atoms with Crippen LogP contribution in [-0.4, -0.2) is 9.55 Å². The molecule has 5 aromatic carbocycles. The summed E-state index contributed by atoms with van der Waals surface area (Å²) in [5, 5.41) is 14.7. The molecule has 0 N–H and O–H groups in total. The Bertz CT molecular complexity index is 1950. The lowest BCUT2D eigenvalue weighted by Gasteiger charge is -2.15. The van der Waals surface area contributed by atoms with Gasteiger partial charge in [-0.3, -0.25) is 0 Å². The largest absolute Gasteiger partial charge is 0.309 e. The summed E-state index contributed by atoms with van der Waals surface area (Å²) in [7, 11) is 0. The van der Waals surface area contributed by atoms with Crippen LogP contribution in [-0.2, 0) is 0 Å². The van der Waals surface area contributed by atoms with Crippen molar-refractivity contribution in [1.82, 2.24) is 9.55 Å². The second kappa shape index (κ2) is 8.48. The van der Waals surface area contributed by atoms with Gasteiger partial charge in [-0.15, -0.1) is 0 Å². The number of fused-ring (bicyclic) bond motifs is 4. The molecule has 0 radical (unpaired) electrons. The number of rotatable bonds is 3. The highest BCUT2D eigenvalue weighted by Gasteiger charge is 2.16. The van der Waals surface area contributed by atoms with Gasteiger partial charge in [-0.25, -0.2) is 4.98 Å². The summed E-state index contributed by atoms with van der Waals surface area (Å²) in [6.07, 6.45) is 1.67. The molecular formula is C34H21N3. The van der Waals surface area contributed by atoms with Crippen LogP contribution in [0.5, 0.6) is 0 Å². The van der Waals surface area contributed by atoms with E-state index in [-0.39, 0.29) is 0 Å². The Morgan fingerprint density at radius 2 is 1.16 bits per heavy atom. The fourth-order valence-corrected chi connectivity index (χ4v) is 5.46. The molecule has 0 spiro atoms. The van der Waals surface area contributed by atoms with Gasteiger partial charge in [0.15, 0.2) is 0 Å². The second-order valence-electron chi connectivity index (χ2n) is 9.18. The van der Waals surface area contributed by atoms with E-state index in [9.17, 15) is 5.26 Å². The van der Waals surface area contributed by atoms with Crippen molar-refractivity contribution in [2.75, 3.05) is 0 Å². The van der Waals surface area contributed by atoms with Gasteiger partial charge in [-0.05, 0) is 69.9 Å². The van der Waals surface area contributed by atoms with Crippen molar-refractivity contribution in [2.24, 2.45) is 0 Å². The predicted molar refractivity (Wildman–Crippen MR) is 152 cm³/mol. The molecule has 0 fully saturated rings. The maximum atomic E-state index is 9.83. The van der Waals surface area contributed by atoms with Gasteiger partial charge in [-0.1, -0.05) is 78.9 Å². The molecule has 0 aliphatic rings. The number of benzene rings is 5. The van der Waals surface area contributed by atoms with E-state index in [1.54, 1.807) is 6.20 Å². The van der Waals surface area contributed by atoms with Gasteiger partial charge < -0.3 is 4.57 Å². The number of nitrogens with zero attached hydrogens (tertiary/aromatic N) is 3. The molecule has 0 aliphatic carbocycles. The Hall–Kier alpha value is -5.20. The zero-order valence-electron chi connectivity index (χ0n) is 20.0. The zero-order chi connectivity index (χ0) is 24.8. The number of hydrogen-bond acceptors (Lipinski definition) is 2. The first kappa shape index (κ1) is 21.1. The van der Waals surface area contributed by atoms with Crippen molar-refractivity contribution in [1.29, 1.82) is 5.26 Å². The molecule has 37 heavy (non-hydrogen) atoms. The first-order valence-corrected chi connectivity index (χ1v) is 12.3. The van der Waals surface area contributed by atoms with Gasteiger partial charge in [0.05, 0.1) is 11.0 Å². The average Bonchev–Trinajstić information content (AvgIpc) is 3.31. The monoisotopic (exact) mass is 471 g/mol. The van der Waals surface area contributed by atoms with E-state index >= 15 is 0 Å². The van der Waals surface area contributed by atoms with E-state index in [2.05, 4.69) is 125 Å². The SMILES string of the molecule is N#Cc1ncccc1-c1cc(-c2cccc3ccccc23)cc(-n2c3ccccc3c3ccccc32)c1. The molecule has 0 unspecified atom stereocenters. The Labute approximate surface area is 214 Å². The molecule has 3 heteroatoms. The van der Waals surface area contributed by atoms with Gasteiger partial charge >= 0.3 is 0 Å². The van der Waals surface area contributed by atoms with Crippen LogP contribution in [0.1, 0.15) is 5.69 Å². The average molecular weight is 472 g/mol. The third-order valence-electron chi connectivity index (χ3n) is 7.08. The van der Waals surface area contributed by atoms with Crippen LogP contribution < -0.4 is 0 Å². The van der Waals surface area contributed by atoms with Crippen molar-refractivity contribution in [3.05, 3.63) is 133 Å². The van der Waals surface area contributed by atoms with Crippen LogP contribution >= 0.6 is 0 Å². The maximum absolute atomic E-state index is 9.83. The molecule has 0 bridgehead atoms. The number of para-hydroxylation sites is 2. The quantitative estimate of drug-likeness (QED) is 0.259. The lowest BCUT2D eigenvalue weighted by Crippen LogP contribution is -1.97. The lowest BCUT2D eigenvalue weighted by atomic mass is 9.94. The molecule has 7 rings (SSSR count). The molecule has 0 saturated carbocycles. The Kier molecular flexibility index (Phi) is 4.84. The van der Waals surface area contributed by atoms with Crippen molar-refractivity contribution in [3.63, 3.8) is 0 Å². The topological polar surface area (TPSA) is 41.6 Å². The van der Waals surface area contributed by atoms with E-state index in [1.807, 2.05) is 12.1 Å². The number of pyridine rings is 1.